The van der Waals surface area contributed by atoms with Gasteiger partial charge in [-0.05, 0) is 43.0 Å². The molecule has 0 saturated carbocycles. The molecule has 7 heteroatoms. The largest absolute Gasteiger partial charge is 0.497 e. The van der Waals surface area contributed by atoms with Gasteiger partial charge in [0.2, 0.25) is 0 Å². The fraction of sp³-hybridized carbons (Fsp3) is 0.500. The molecular weight excluding hydrogens is 344 g/mol. The summed E-state index contributed by atoms with van der Waals surface area (Å²) in [6, 6.07) is 7.68. The zero-order chi connectivity index (χ0) is 19.3. The summed E-state index contributed by atoms with van der Waals surface area (Å²) in [5, 5.41) is 18.3. The molecule has 1 aromatic carbocycles. The van der Waals surface area contributed by atoms with Gasteiger partial charge in [-0.1, -0.05) is 12.1 Å². The Morgan fingerprint density at radius 3 is 3.00 bits per heavy atom. The molecule has 0 bridgehead atoms. The van der Waals surface area contributed by atoms with Gasteiger partial charge in [-0.2, -0.15) is 5.10 Å². The summed E-state index contributed by atoms with van der Waals surface area (Å²) >= 11 is 0. The number of rotatable bonds is 8. The molecule has 146 valence electrons. The molecule has 1 fully saturated rings. The first-order valence-electron chi connectivity index (χ1n) is 9.35. The zero-order valence-corrected chi connectivity index (χ0v) is 16.0. The second kappa shape index (κ2) is 8.54. The molecule has 7 nitrogen and oxygen atoms in total. The van der Waals surface area contributed by atoms with Crippen LogP contribution in [0, 0.1) is 6.92 Å². The third kappa shape index (κ3) is 4.87. The number of carbonyl (C=O) groups excluding carboxylic acids is 1. The number of nitrogens with one attached hydrogen (secondary N) is 1. The number of benzene rings is 1. The molecule has 1 aliphatic rings. The molecule has 1 aromatic heterocycles. The van der Waals surface area contributed by atoms with Crippen molar-refractivity contribution in [1.82, 2.24) is 20.0 Å². The van der Waals surface area contributed by atoms with Crippen molar-refractivity contribution in [3.05, 3.63) is 47.8 Å². The fourth-order valence-corrected chi connectivity index (χ4v) is 3.45. The summed E-state index contributed by atoms with van der Waals surface area (Å²) in [5.41, 5.74) is 0.759. The van der Waals surface area contributed by atoms with Crippen molar-refractivity contribution >= 4 is 5.91 Å². The summed E-state index contributed by atoms with van der Waals surface area (Å²) in [4.78, 5) is 14.6. The summed E-state index contributed by atoms with van der Waals surface area (Å²) in [7, 11) is 1.63. The summed E-state index contributed by atoms with van der Waals surface area (Å²) in [6.07, 6.45) is 5.05. The lowest BCUT2D eigenvalue weighted by Gasteiger charge is -2.38. The van der Waals surface area contributed by atoms with Crippen molar-refractivity contribution in [2.45, 2.75) is 38.5 Å². The maximum absolute atomic E-state index is 12.9. The number of hydrogen-bond donors (Lipinski definition) is 2. The van der Waals surface area contributed by atoms with Gasteiger partial charge in [0.25, 0.3) is 5.91 Å². The van der Waals surface area contributed by atoms with Gasteiger partial charge in [-0.3, -0.25) is 9.48 Å². The van der Waals surface area contributed by atoms with Gasteiger partial charge in [0.05, 0.1) is 19.9 Å². The van der Waals surface area contributed by atoms with E-state index in [1.807, 2.05) is 48.3 Å². The second-order valence-corrected chi connectivity index (χ2v) is 7.17. The predicted octanol–water partition coefficient (Wildman–Crippen LogP) is 1.34. The van der Waals surface area contributed by atoms with Crippen LogP contribution >= 0.6 is 0 Å². The van der Waals surface area contributed by atoms with E-state index in [1.165, 1.54) is 0 Å². The Labute approximate surface area is 159 Å². The molecule has 1 atom stereocenters. The number of amides is 1. The van der Waals surface area contributed by atoms with Crippen LogP contribution in [0.15, 0.2) is 36.7 Å². The van der Waals surface area contributed by atoms with Crippen LogP contribution in [0.4, 0.5) is 0 Å². The molecule has 0 radical (unpaired) electrons. The molecule has 0 aliphatic carbocycles. The van der Waals surface area contributed by atoms with Gasteiger partial charge in [0, 0.05) is 32.4 Å². The maximum Gasteiger partial charge on any atom is 0.256 e. The van der Waals surface area contributed by atoms with Crippen molar-refractivity contribution in [3.8, 4) is 5.75 Å². The number of hydrogen-bond acceptors (Lipinski definition) is 5. The number of aryl methyl sites for hydroxylation is 1. The third-order valence-corrected chi connectivity index (χ3v) is 4.91. The molecule has 1 aliphatic heterocycles. The van der Waals surface area contributed by atoms with Crippen LogP contribution in [0.25, 0.3) is 0 Å². The van der Waals surface area contributed by atoms with E-state index in [0.717, 1.165) is 23.3 Å². The molecule has 1 amide bonds. The van der Waals surface area contributed by atoms with Crippen molar-refractivity contribution in [3.63, 3.8) is 0 Å². The summed E-state index contributed by atoms with van der Waals surface area (Å²) < 4.78 is 7.10. The molecule has 2 N–H and O–H groups in total. The van der Waals surface area contributed by atoms with E-state index < -0.39 is 5.60 Å². The number of likely N-dealkylation sites (tertiary alicyclic amines) is 1. The van der Waals surface area contributed by atoms with Gasteiger partial charge in [-0.15, -0.1) is 0 Å². The highest BCUT2D eigenvalue weighted by Gasteiger charge is 2.41. The maximum atomic E-state index is 12.9. The standard InChI is InChI=1S/C20H28N4O3/c1-16-12-22-24(13-16)10-8-21-15-20(26)7-4-9-23(19(20)25)14-17-5-3-6-18(11-17)27-2/h3,5-6,11-13,21,26H,4,7-10,14-15H2,1-2H3. The molecule has 1 saturated heterocycles. The zero-order valence-electron chi connectivity index (χ0n) is 16.0. The molecule has 1 unspecified atom stereocenters. The van der Waals surface area contributed by atoms with E-state index in [1.54, 1.807) is 12.0 Å². The van der Waals surface area contributed by atoms with Gasteiger partial charge in [0.15, 0.2) is 5.60 Å². The topological polar surface area (TPSA) is 79.6 Å². The Kier molecular flexibility index (Phi) is 6.13. The minimum atomic E-state index is -1.35. The number of aromatic nitrogens is 2. The van der Waals surface area contributed by atoms with Crippen LogP contribution in [0.3, 0.4) is 0 Å². The normalized spacial score (nSPS) is 20.1. The molecule has 0 spiro atoms. The Balaban J connectivity index is 1.54. The Morgan fingerprint density at radius 2 is 2.26 bits per heavy atom. The minimum absolute atomic E-state index is 0.209. The second-order valence-electron chi connectivity index (χ2n) is 7.17. The van der Waals surface area contributed by atoms with Gasteiger partial charge in [-0.25, -0.2) is 0 Å². The summed E-state index contributed by atoms with van der Waals surface area (Å²) in [6.45, 7) is 4.73. The molecule has 3 rings (SSSR count). The smallest absolute Gasteiger partial charge is 0.256 e. The Bertz CT molecular complexity index is 776. The van der Waals surface area contributed by atoms with Crippen LogP contribution in [0.5, 0.6) is 5.75 Å². The lowest BCUT2D eigenvalue weighted by atomic mass is 9.91. The van der Waals surface area contributed by atoms with Crippen molar-refractivity contribution in [2.75, 3.05) is 26.7 Å². The number of aliphatic hydroxyl groups is 1. The third-order valence-electron chi connectivity index (χ3n) is 4.91. The van der Waals surface area contributed by atoms with E-state index in [9.17, 15) is 9.90 Å². The van der Waals surface area contributed by atoms with Crippen LogP contribution in [0.2, 0.25) is 0 Å². The van der Waals surface area contributed by atoms with Crippen LogP contribution < -0.4 is 10.1 Å². The first-order chi connectivity index (χ1) is 13.0. The SMILES string of the molecule is COc1cccc(CN2CCCC(O)(CNCCn3cc(C)cn3)C2=O)c1. The average molecular weight is 372 g/mol. The predicted molar refractivity (Wildman–Crippen MR) is 102 cm³/mol. The lowest BCUT2D eigenvalue weighted by Crippen LogP contribution is -2.57. The monoisotopic (exact) mass is 372 g/mol. The molecular formula is C20H28N4O3. The highest BCUT2D eigenvalue weighted by Crippen LogP contribution is 2.24. The van der Waals surface area contributed by atoms with Gasteiger partial charge >= 0.3 is 0 Å². The first-order valence-corrected chi connectivity index (χ1v) is 9.35. The van der Waals surface area contributed by atoms with Crippen LogP contribution in [-0.4, -0.2) is 58.0 Å². The quantitative estimate of drug-likeness (QED) is 0.684. The molecule has 2 heterocycles. The molecule has 27 heavy (non-hydrogen) atoms. The minimum Gasteiger partial charge on any atom is -0.497 e. The number of methoxy groups -OCH3 is 1. The fourth-order valence-electron chi connectivity index (χ4n) is 3.45. The van der Waals surface area contributed by atoms with Crippen molar-refractivity contribution < 1.29 is 14.6 Å². The summed E-state index contributed by atoms with van der Waals surface area (Å²) in [5.74, 6) is 0.557. The number of carbonyl (C=O) groups is 1. The van der Waals surface area contributed by atoms with E-state index in [-0.39, 0.29) is 12.5 Å². The number of piperidine rings is 1. The molecule has 2 aromatic rings. The average Bonchev–Trinajstić information content (AvgIpc) is 3.08. The van der Waals surface area contributed by atoms with Gasteiger partial charge < -0.3 is 20.1 Å². The van der Waals surface area contributed by atoms with E-state index in [0.29, 0.717) is 32.6 Å². The van der Waals surface area contributed by atoms with Crippen molar-refractivity contribution in [1.29, 1.82) is 0 Å². The van der Waals surface area contributed by atoms with E-state index >= 15 is 0 Å². The lowest BCUT2D eigenvalue weighted by molar-refractivity contribution is -0.157. The van der Waals surface area contributed by atoms with Crippen LogP contribution in [0.1, 0.15) is 24.0 Å². The van der Waals surface area contributed by atoms with E-state index in [4.69, 9.17) is 4.74 Å². The highest BCUT2D eigenvalue weighted by molar-refractivity contribution is 5.86. The number of ether oxygens (including phenoxy) is 1. The highest BCUT2D eigenvalue weighted by atomic mass is 16.5. The Hall–Kier alpha value is -2.38. The first kappa shape index (κ1) is 19.4. The van der Waals surface area contributed by atoms with Crippen LogP contribution in [-0.2, 0) is 17.9 Å². The number of nitrogens with zero attached hydrogens (tertiary/aromatic N) is 3. The Morgan fingerprint density at radius 1 is 1.41 bits per heavy atom. The van der Waals surface area contributed by atoms with Crippen molar-refractivity contribution in [2.24, 2.45) is 0 Å². The van der Waals surface area contributed by atoms with Gasteiger partial charge in [0.1, 0.15) is 5.75 Å². The van der Waals surface area contributed by atoms with E-state index in [2.05, 4.69) is 10.4 Å².